The molecule has 1 heterocycles. The van der Waals surface area contributed by atoms with Gasteiger partial charge in [-0.1, -0.05) is 0 Å². The van der Waals surface area contributed by atoms with E-state index < -0.39 is 41.3 Å². The Bertz CT molecular complexity index is 468. The van der Waals surface area contributed by atoms with Crippen molar-refractivity contribution in [2.45, 2.75) is 77.7 Å². The minimum Gasteiger partial charge on any atom is -0.481 e. The van der Waals surface area contributed by atoms with E-state index in [1.807, 2.05) is 0 Å². The second kappa shape index (κ2) is 6.20. The van der Waals surface area contributed by atoms with Crippen molar-refractivity contribution in [2.75, 3.05) is 0 Å². The number of alkyl halides is 3. The van der Waals surface area contributed by atoms with Crippen LogP contribution in [0.1, 0.15) is 53.9 Å². The number of aliphatic carboxylic acids is 1. The molecule has 0 aromatic heterocycles. The molecule has 1 rings (SSSR count). The maximum absolute atomic E-state index is 13.4. The molecule has 0 unspecified atom stereocenters. The van der Waals surface area contributed by atoms with Crippen molar-refractivity contribution in [3.05, 3.63) is 0 Å². The average molecular weight is 339 g/mol. The van der Waals surface area contributed by atoms with Crippen molar-refractivity contribution in [1.82, 2.24) is 4.90 Å². The Balaban J connectivity index is 3.27. The summed E-state index contributed by atoms with van der Waals surface area (Å²) in [5, 5.41) is 9.35. The van der Waals surface area contributed by atoms with Gasteiger partial charge in [0.05, 0.1) is 11.5 Å². The molecular formula is C15H24F3NO4. The molecule has 0 spiro atoms. The zero-order valence-electron chi connectivity index (χ0n) is 14.0. The molecule has 0 aromatic carbocycles. The van der Waals surface area contributed by atoms with Crippen LogP contribution in [0.4, 0.5) is 18.0 Å². The predicted octanol–water partition coefficient (Wildman–Crippen LogP) is 3.82. The zero-order chi connectivity index (χ0) is 18.2. The average Bonchev–Trinajstić information content (AvgIpc) is 2.34. The van der Waals surface area contributed by atoms with Crippen LogP contribution in [0.2, 0.25) is 0 Å². The van der Waals surface area contributed by atoms with E-state index in [4.69, 9.17) is 4.74 Å². The number of likely N-dealkylation sites (tertiary alicyclic amines) is 1. The number of carbonyl (C=O) groups is 2. The maximum atomic E-state index is 13.4. The van der Waals surface area contributed by atoms with Crippen LogP contribution in [0.15, 0.2) is 0 Å². The number of carboxylic acids is 1. The molecule has 1 N–H and O–H groups in total. The first-order valence-corrected chi connectivity index (χ1v) is 7.49. The van der Waals surface area contributed by atoms with E-state index in [9.17, 15) is 27.9 Å². The number of amides is 1. The lowest BCUT2D eigenvalue weighted by molar-refractivity contribution is -0.203. The van der Waals surface area contributed by atoms with Crippen LogP contribution >= 0.6 is 0 Å². The molecule has 1 aliphatic rings. The van der Waals surface area contributed by atoms with Crippen molar-refractivity contribution < 1.29 is 32.6 Å². The summed E-state index contributed by atoms with van der Waals surface area (Å²) in [6.07, 6.45) is -5.63. The van der Waals surface area contributed by atoms with Crippen LogP contribution in [0.25, 0.3) is 0 Å². The molecule has 0 bridgehead atoms. The van der Waals surface area contributed by atoms with E-state index in [-0.39, 0.29) is 19.3 Å². The number of halogens is 3. The topological polar surface area (TPSA) is 66.8 Å². The summed E-state index contributed by atoms with van der Waals surface area (Å²) in [4.78, 5) is 24.4. The van der Waals surface area contributed by atoms with Crippen molar-refractivity contribution >= 4 is 12.1 Å². The second-order valence-corrected chi connectivity index (χ2v) is 7.42. The van der Waals surface area contributed by atoms with E-state index >= 15 is 0 Å². The summed E-state index contributed by atoms with van der Waals surface area (Å²) in [6.45, 7) is 7.31. The molecule has 1 amide bonds. The summed E-state index contributed by atoms with van der Waals surface area (Å²) >= 11 is 0. The number of rotatable bonds is 2. The van der Waals surface area contributed by atoms with Crippen LogP contribution in [0.5, 0.6) is 0 Å². The van der Waals surface area contributed by atoms with E-state index in [0.29, 0.717) is 4.90 Å². The van der Waals surface area contributed by atoms with Crippen LogP contribution < -0.4 is 0 Å². The molecule has 0 aliphatic carbocycles. The number of carbonyl (C=O) groups excluding carboxylic acids is 1. The third-order valence-corrected chi connectivity index (χ3v) is 3.99. The lowest BCUT2D eigenvalue weighted by Gasteiger charge is -2.47. The van der Waals surface area contributed by atoms with Crippen molar-refractivity contribution in [3.8, 4) is 0 Å². The van der Waals surface area contributed by atoms with Crippen LogP contribution in [0, 0.1) is 5.41 Å². The molecule has 1 fully saturated rings. The first-order chi connectivity index (χ1) is 10.2. The van der Waals surface area contributed by atoms with Gasteiger partial charge >= 0.3 is 18.2 Å². The summed E-state index contributed by atoms with van der Waals surface area (Å²) in [5.41, 5.74) is -2.48. The smallest absolute Gasteiger partial charge is 0.411 e. The summed E-state index contributed by atoms with van der Waals surface area (Å²) in [5.74, 6) is -1.25. The number of nitrogens with zero attached hydrogens (tertiary/aromatic N) is 1. The van der Waals surface area contributed by atoms with E-state index in [1.165, 1.54) is 13.8 Å². The van der Waals surface area contributed by atoms with Gasteiger partial charge in [-0.05, 0) is 53.9 Å². The lowest BCUT2D eigenvalue weighted by atomic mass is 9.77. The monoisotopic (exact) mass is 339 g/mol. The molecule has 1 saturated heterocycles. The van der Waals surface area contributed by atoms with Crippen molar-refractivity contribution in [2.24, 2.45) is 5.41 Å². The fraction of sp³-hybridized carbons (Fsp3) is 0.867. The first kappa shape index (κ1) is 19.6. The van der Waals surface area contributed by atoms with Crippen molar-refractivity contribution in [3.63, 3.8) is 0 Å². The Hall–Kier alpha value is -1.47. The van der Waals surface area contributed by atoms with Gasteiger partial charge in [0.1, 0.15) is 11.6 Å². The predicted molar refractivity (Wildman–Crippen MR) is 77.0 cm³/mol. The van der Waals surface area contributed by atoms with Crippen LogP contribution in [-0.2, 0) is 9.53 Å². The Morgan fingerprint density at radius 1 is 1.04 bits per heavy atom. The van der Waals surface area contributed by atoms with Gasteiger partial charge in [-0.25, -0.2) is 4.79 Å². The Kier molecular flexibility index (Phi) is 5.28. The van der Waals surface area contributed by atoms with Gasteiger partial charge in [-0.2, -0.15) is 13.2 Å². The van der Waals surface area contributed by atoms with E-state index in [1.54, 1.807) is 20.8 Å². The minimum atomic E-state index is -4.63. The molecule has 0 aromatic rings. The third kappa shape index (κ3) is 4.51. The van der Waals surface area contributed by atoms with Crippen LogP contribution in [-0.4, -0.2) is 45.9 Å². The van der Waals surface area contributed by atoms with Gasteiger partial charge < -0.3 is 9.84 Å². The second-order valence-electron chi connectivity index (χ2n) is 7.42. The van der Waals surface area contributed by atoms with Crippen molar-refractivity contribution in [1.29, 1.82) is 0 Å². The Morgan fingerprint density at radius 3 is 1.91 bits per heavy atom. The molecule has 2 atom stereocenters. The highest BCUT2D eigenvalue weighted by atomic mass is 19.4. The highest BCUT2D eigenvalue weighted by molar-refractivity contribution is 5.77. The van der Waals surface area contributed by atoms with Gasteiger partial charge in [0, 0.05) is 0 Å². The number of carboxylic acid groups (broad SMARTS) is 1. The molecule has 0 saturated carbocycles. The fourth-order valence-electron chi connectivity index (χ4n) is 2.74. The van der Waals surface area contributed by atoms with Crippen LogP contribution in [0.3, 0.4) is 0 Å². The number of ether oxygens (including phenoxy) is 1. The first-order valence-electron chi connectivity index (χ1n) is 7.49. The summed E-state index contributed by atoms with van der Waals surface area (Å²) in [6, 6.07) is -3.12. The molecular weight excluding hydrogens is 315 g/mol. The Morgan fingerprint density at radius 2 is 1.52 bits per heavy atom. The molecule has 5 nitrogen and oxygen atoms in total. The normalized spacial score (nSPS) is 23.6. The van der Waals surface area contributed by atoms with Gasteiger partial charge in [0.25, 0.3) is 0 Å². The SMILES string of the molecule is CC(C)(C)OC(=O)N1[C@H](C(C)(C)C(=O)O)CCC[C@@H]1C(F)(F)F. The molecule has 23 heavy (non-hydrogen) atoms. The molecule has 1 aliphatic heterocycles. The Labute approximate surface area is 133 Å². The zero-order valence-corrected chi connectivity index (χ0v) is 14.0. The fourth-order valence-corrected chi connectivity index (χ4v) is 2.74. The number of hydrogen-bond donors (Lipinski definition) is 1. The summed E-state index contributed by atoms with van der Waals surface area (Å²) < 4.78 is 45.2. The molecule has 8 heteroatoms. The quantitative estimate of drug-likeness (QED) is 0.830. The highest BCUT2D eigenvalue weighted by Crippen LogP contribution is 2.41. The lowest BCUT2D eigenvalue weighted by Crippen LogP contribution is -2.62. The van der Waals surface area contributed by atoms with Gasteiger partial charge in [-0.15, -0.1) is 0 Å². The number of piperidine rings is 1. The van der Waals surface area contributed by atoms with E-state index in [2.05, 4.69) is 0 Å². The minimum absolute atomic E-state index is 0.186. The maximum Gasteiger partial charge on any atom is 0.411 e. The molecule has 134 valence electrons. The van der Waals surface area contributed by atoms with Gasteiger partial charge in [0.2, 0.25) is 0 Å². The van der Waals surface area contributed by atoms with Gasteiger partial charge in [-0.3, -0.25) is 9.69 Å². The summed E-state index contributed by atoms with van der Waals surface area (Å²) in [7, 11) is 0. The van der Waals surface area contributed by atoms with E-state index in [0.717, 1.165) is 0 Å². The largest absolute Gasteiger partial charge is 0.481 e. The number of hydrogen-bond acceptors (Lipinski definition) is 3. The standard InChI is InChI=1S/C15H24F3NO4/c1-13(2,3)23-12(22)19-9(14(4,5)11(20)21)7-6-8-10(19)15(16,17)18/h9-10H,6-8H2,1-5H3,(H,20,21)/t9-,10+/m0/s1. The van der Waals surface area contributed by atoms with Gasteiger partial charge in [0.15, 0.2) is 0 Å². The molecule has 0 radical (unpaired) electrons. The highest BCUT2D eigenvalue weighted by Gasteiger charge is 2.55. The third-order valence-electron chi connectivity index (χ3n) is 3.99.